The first-order valence-electron chi connectivity index (χ1n) is 7.45. The van der Waals surface area contributed by atoms with Gasteiger partial charge in [0.1, 0.15) is 5.82 Å². The van der Waals surface area contributed by atoms with Crippen LogP contribution < -0.4 is 10.6 Å². The Morgan fingerprint density at radius 3 is 2.65 bits per heavy atom. The summed E-state index contributed by atoms with van der Waals surface area (Å²) in [7, 11) is 0. The second-order valence-corrected chi connectivity index (χ2v) is 5.50. The summed E-state index contributed by atoms with van der Waals surface area (Å²) in [5, 5.41) is 18.8. The summed E-state index contributed by atoms with van der Waals surface area (Å²) >= 11 is 0. The van der Waals surface area contributed by atoms with E-state index >= 15 is 0 Å². The van der Waals surface area contributed by atoms with Crippen molar-refractivity contribution in [3.8, 4) is 5.69 Å². The Morgan fingerprint density at radius 2 is 2.00 bits per heavy atom. The van der Waals surface area contributed by atoms with Crippen molar-refractivity contribution in [3.05, 3.63) is 48.0 Å². The van der Waals surface area contributed by atoms with Crippen molar-refractivity contribution in [2.45, 2.75) is 26.4 Å². The number of carbonyl (C=O) groups excluding carboxylic acids is 1. The number of hydrogen-bond acceptors (Lipinski definition) is 3. The Hall–Kier alpha value is -2.41. The lowest BCUT2D eigenvalue weighted by atomic mass is 10.1. The van der Waals surface area contributed by atoms with Crippen LogP contribution in [0, 0.1) is 11.7 Å². The molecule has 1 heterocycles. The van der Waals surface area contributed by atoms with Crippen molar-refractivity contribution in [3.63, 3.8) is 0 Å². The number of urea groups is 1. The molecular weight excluding hydrogens is 299 g/mol. The molecule has 2 atom stereocenters. The molecule has 0 spiro atoms. The van der Waals surface area contributed by atoms with E-state index in [1.54, 1.807) is 29.1 Å². The summed E-state index contributed by atoms with van der Waals surface area (Å²) in [4.78, 5) is 11.8. The maximum atomic E-state index is 12.9. The van der Waals surface area contributed by atoms with Gasteiger partial charge in [0.15, 0.2) is 0 Å². The largest absolute Gasteiger partial charge is 0.396 e. The molecule has 124 valence electrons. The smallest absolute Gasteiger partial charge is 0.315 e. The van der Waals surface area contributed by atoms with Gasteiger partial charge in [-0.1, -0.05) is 6.92 Å². The van der Waals surface area contributed by atoms with Crippen molar-refractivity contribution in [2.24, 2.45) is 5.92 Å². The predicted molar refractivity (Wildman–Crippen MR) is 84.6 cm³/mol. The fourth-order valence-corrected chi connectivity index (χ4v) is 1.92. The Kier molecular flexibility index (Phi) is 5.70. The fraction of sp³-hybridized carbons (Fsp3) is 0.375. The van der Waals surface area contributed by atoms with Gasteiger partial charge >= 0.3 is 6.03 Å². The van der Waals surface area contributed by atoms with Gasteiger partial charge in [-0.25, -0.2) is 13.9 Å². The molecule has 0 bridgehead atoms. The van der Waals surface area contributed by atoms with Crippen LogP contribution in [-0.2, 0) is 6.54 Å². The summed E-state index contributed by atoms with van der Waals surface area (Å²) < 4.78 is 14.5. The quantitative estimate of drug-likeness (QED) is 0.760. The molecule has 2 rings (SSSR count). The van der Waals surface area contributed by atoms with E-state index in [-0.39, 0.29) is 37.0 Å². The minimum Gasteiger partial charge on any atom is -0.396 e. The zero-order valence-electron chi connectivity index (χ0n) is 13.2. The number of halogens is 1. The van der Waals surface area contributed by atoms with Gasteiger partial charge in [0, 0.05) is 18.8 Å². The molecule has 0 radical (unpaired) electrons. The third-order valence-corrected chi connectivity index (χ3v) is 3.67. The topological polar surface area (TPSA) is 79.2 Å². The van der Waals surface area contributed by atoms with Crippen LogP contribution in [0.3, 0.4) is 0 Å². The number of carbonyl (C=O) groups is 1. The standard InChI is InChI=1S/C16H21FN4O2/c1-11(10-22)12(2)19-16(23)18-9-14-7-8-21(20-14)15-5-3-13(17)4-6-15/h3-8,11-12,22H,9-10H2,1-2H3,(H2,18,19,23). The van der Waals surface area contributed by atoms with Crippen LogP contribution >= 0.6 is 0 Å². The molecule has 1 aromatic heterocycles. The van der Waals surface area contributed by atoms with E-state index in [1.165, 1.54) is 12.1 Å². The summed E-state index contributed by atoms with van der Waals surface area (Å²) in [6, 6.07) is 7.33. The van der Waals surface area contributed by atoms with Crippen LogP contribution in [0.15, 0.2) is 36.5 Å². The maximum absolute atomic E-state index is 12.9. The van der Waals surface area contributed by atoms with Crippen LogP contribution in [0.25, 0.3) is 5.69 Å². The number of aromatic nitrogens is 2. The summed E-state index contributed by atoms with van der Waals surface area (Å²) in [6.45, 7) is 3.99. The van der Waals surface area contributed by atoms with Crippen LogP contribution in [0.2, 0.25) is 0 Å². The maximum Gasteiger partial charge on any atom is 0.315 e. The minimum atomic E-state index is -0.311. The van der Waals surface area contributed by atoms with Gasteiger partial charge in [-0.3, -0.25) is 0 Å². The number of rotatable bonds is 6. The first-order valence-corrected chi connectivity index (χ1v) is 7.45. The van der Waals surface area contributed by atoms with Gasteiger partial charge in [-0.2, -0.15) is 5.10 Å². The van der Waals surface area contributed by atoms with E-state index in [0.29, 0.717) is 5.69 Å². The highest BCUT2D eigenvalue weighted by atomic mass is 19.1. The molecule has 2 unspecified atom stereocenters. The first kappa shape index (κ1) is 17.0. The molecule has 0 aliphatic rings. The Balaban J connectivity index is 1.87. The monoisotopic (exact) mass is 320 g/mol. The van der Waals surface area contributed by atoms with E-state index in [9.17, 15) is 9.18 Å². The molecule has 3 N–H and O–H groups in total. The zero-order valence-corrected chi connectivity index (χ0v) is 13.2. The minimum absolute atomic E-state index is 0.0153. The summed E-state index contributed by atoms with van der Waals surface area (Å²) in [5.74, 6) is -0.316. The number of amides is 2. The van der Waals surface area contributed by atoms with Gasteiger partial charge < -0.3 is 15.7 Å². The lowest BCUT2D eigenvalue weighted by molar-refractivity contribution is 0.200. The van der Waals surface area contributed by atoms with E-state index in [1.807, 2.05) is 13.8 Å². The predicted octanol–water partition coefficient (Wildman–Crippen LogP) is 1.83. The SMILES string of the molecule is CC(CO)C(C)NC(=O)NCc1ccn(-c2ccc(F)cc2)n1. The average molecular weight is 320 g/mol. The molecule has 1 aromatic carbocycles. The number of aliphatic hydroxyl groups is 1. The molecule has 0 saturated heterocycles. The highest BCUT2D eigenvalue weighted by Gasteiger charge is 2.13. The first-order chi connectivity index (χ1) is 11.0. The summed E-state index contributed by atoms with van der Waals surface area (Å²) in [6.07, 6.45) is 1.75. The highest BCUT2D eigenvalue weighted by Crippen LogP contribution is 2.09. The highest BCUT2D eigenvalue weighted by molar-refractivity contribution is 5.74. The Morgan fingerprint density at radius 1 is 1.30 bits per heavy atom. The lowest BCUT2D eigenvalue weighted by Gasteiger charge is -2.19. The average Bonchev–Trinajstić information content (AvgIpc) is 3.01. The van der Waals surface area contributed by atoms with Crippen LogP contribution in [0.4, 0.5) is 9.18 Å². The van der Waals surface area contributed by atoms with Crippen molar-refractivity contribution >= 4 is 6.03 Å². The van der Waals surface area contributed by atoms with E-state index < -0.39 is 0 Å². The molecule has 2 aromatic rings. The third kappa shape index (κ3) is 4.79. The zero-order chi connectivity index (χ0) is 16.8. The molecule has 0 aliphatic carbocycles. The lowest BCUT2D eigenvalue weighted by Crippen LogP contribution is -2.44. The Bertz CT molecular complexity index is 642. The molecule has 23 heavy (non-hydrogen) atoms. The normalized spacial score (nSPS) is 13.4. The second kappa shape index (κ2) is 7.73. The third-order valence-electron chi connectivity index (χ3n) is 3.67. The molecular formula is C16H21FN4O2. The van der Waals surface area contributed by atoms with Crippen molar-refractivity contribution in [1.29, 1.82) is 0 Å². The van der Waals surface area contributed by atoms with Gasteiger partial charge in [0.05, 0.1) is 17.9 Å². The molecule has 6 nitrogen and oxygen atoms in total. The van der Waals surface area contributed by atoms with Crippen molar-refractivity contribution in [2.75, 3.05) is 6.61 Å². The van der Waals surface area contributed by atoms with Crippen LogP contribution in [0.1, 0.15) is 19.5 Å². The van der Waals surface area contributed by atoms with Gasteiger partial charge in [-0.15, -0.1) is 0 Å². The molecule has 0 fully saturated rings. The van der Waals surface area contributed by atoms with E-state index in [0.717, 1.165) is 5.69 Å². The van der Waals surface area contributed by atoms with E-state index in [2.05, 4.69) is 15.7 Å². The number of benzene rings is 1. The fourth-order valence-electron chi connectivity index (χ4n) is 1.92. The molecule has 0 saturated carbocycles. The number of hydrogen-bond donors (Lipinski definition) is 3. The van der Waals surface area contributed by atoms with Crippen molar-refractivity contribution in [1.82, 2.24) is 20.4 Å². The number of aliphatic hydroxyl groups excluding tert-OH is 1. The summed E-state index contributed by atoms with van der Waals surface area (Å²) in [5.41, 5.74) is 1.43. The van der Waals surface area contributed by atoms with Crippen molar-refractivity contribution < 1.29 is 14.3 Å². The number of nitrogens with one attached hydrogen (secondary N) is 2. The van der Waals surface area contributed by atoms with Gasteiger partial charge in [0.2, 0.25) is 0 Å². The molecule has 7 heteroatoms. The molecule has 0 aliphatic heterocycles. The van der Waals surface area contributed by atoms with Crippen LogP contribution in [-0.4, -0.2) is 33.6 Å². The van der Waals surface area contributed by atoms with E-state index in [4.69, 9.17) is 5.11 Å². The van der Waals surface area contributed by atoms with Gasteiger partial charge in [-0.05, 0) is 43.2 Å². The molecule has 2 amide bonds. The number of nitrogens with zero attached hydrogens (tertiary/aromatic N) is 2. The second-order valence-electron chi connectivity index (χ2n) is 5.50. The Labute approximate surface area is 134 Å². The van der Waals surface area contributed by atoms with Crippen LogP contribution in [0.5, 0.6) is 0 Å². The van der Waals surface area contributed by atoms with Gasteiger partial charge in [0.25, 0.3) is 0 Å².